The number of likely N-dealkylation sites (N-methyl/N-ethyl adjacent to an activating group) is 2. The maximum Gasteiger partial charge on any atom is 0.408 e. The zero-order chi connectivity index (χ0) is 48.3. The largest absolute Gasteiger partial charge is 0.481 e. The number of carbonyl (C=O) groups is 7. The van der Waals surface area contributed by atoms with Crippen molar-refractivity contribution in [2.45, 2.75) is 156 Å². The second kappa shape index (κ2) is 23.2. The van der Waals surface area contributed by atoms with Gasteiger partial charge in [-0.15, -0.1) is 11.3 Å². The first-order valence-electron chi connectivity index (χ1n) is 22.1. The first-order valence-corrected chi connectivity index (χ1v) is 23.0. The van der Waals surface area contributed by atoms with E-state index in [4.69, 9.17) is 9.47 Å². The summed E-state index contributed by atoms with van der Waals surface area (Å²) in [6.07, 6.45) is 1.13. The molecule has 1 unspecified atom stereocenters. The van der Waals surface area contributed by atoms with Crippen molar-refractivity contribution in [3.63, 3.8) is 0 Å². The minimum absolute atomic E-state index is 0.0488. The fourth-order valence-corrected chi connectivity index (χ4v) is 8.41. The summed E-state index contributed by atoms with van der Waals surface area (Å²) >= 11 is 1.13. The lowest BCUT2D eigenvalue weighted by Crippen LogP contribution is -2.60. The van der Waals surface area contributed by atoms with Gasteiger partial charge in [0.25, 0.3) is 5.91 Å². The number of nitrogens with zero attached hydrogens (tertiary/aromatic N) is 3. The molecule has 356 valence electrons. The Kier molecular flexibility index (Phi) is 19.3. The number of carboxylic acids is 1. The van der Waals surface area contributed by atoms with Crippen LogP contribution in [0, 0.1) is 17.8 Å². The van der Waals surface area contributed by atoms with Crippen molar-refractivity contribution < 1.29 is 48.1 Å². The highest BCUT2D eigenvalue weighted by Crippen LogP contribution is 2.32. The maximum absolute atomic E-state index is 14.3. The molecule has 8 atom stereocenters. The SMILES string of the molecule is CCC(C)[C@H](NC(=O)[C@@]1(C)CCCN1C)C(=O)N(C)[C@H](C[C@@H](OC(C)=O)c1nc(C(=O)N[C@@H](Cc2ccc(NC(=O)[C@H](C)NC(=O)OC(C)(C)C)cc2)C[C@H](C)C(=O)O)cs1)C(C)C. The molecule has 2 aromatic rings. The number of alkyl carbamates (subject to hydrolysis) is 1. The number of likely N-dealkylation sites (tertiary alicyclic amines) is 1. The third kappa shape index (κ3) is 15.3. The Morgan fingerprint density at radius 1 is 0.984 bits per heavy atom. The number of rotatable bonds is 21. The van der Waals surface area contributed by atoms with Crippen LogP contribution in [-0.2, 0) is 39.9 Å². The van der Waals surface area contributed by atoms with Crippen LogP contribution in [0.1, 0.15) is 135 Å². The van der Waals surface area contributed by atoms with Gasteiger partial charge in [0.1, 0.15) is 28.4 Å². The summed E-state index contributed by atoms with van der Waals surface area (Å²) in [4.78, 5) is 99.2. The molecule has 0 radical (unpaired) electrons. The molecule has 64 heavy (non-hydrogen) atoms. The number of carboxylic acid groups (broad SMARTS) is 1. The van der Waals surface area contributed by atoms with E-state index >= 15 is 0 Å². The summed E-state index contributed by atoms with van der Waals surface area (Å²) in [6, 6.07) is 4.08. The Morgan fingerprint density at radius 3 is 2.16 bits per heavy atom. The van der Waals surface area contributed by atoms with E-state index in [1.807, 2.05) is 46.6 Å². The molecule has 1 aliphatic rings. The number of nitrogens with one attached hydrogen (secondary N) is 4. The maximum atomic E-state index is 14.3. The van der Waals surface area contributed by atoms with E-state index in [1.54, 1.807) is 69.3 Å². The van der Waals surface area contributed by atoms with E-state index in [0.717, 1.165) is 29.9 Å². The zero-order valence-electron chi connectivity index (χ0n) is 39.8. The van der Waals surface area contributed by atoms with Gasteiger partial charge < -0.3 is 40.7 Å². The molecule has 1 aromatic carbocycles. The summed E-state index contributed by atoms with van der Waals surface area (Å²) in [5, 5.41) is 22.9. The number of aliphatic carboxylic acids is 1. The summed E-state index contributed by atoms with van der Waals surface area (Å²) in [5.41, 5.74) is -0.182. The topological polar surface area (TPSA) is 226 Å². The lowest BCUT2D eigenvalue weighted by molar-refractivity contribution is -0.149. The highest BCUT2D eigenvalue weighted by atomic mass is 32.1. The Balaban J connectivity index is 1.78. The van der Waals surface area contributed by atoms with E-state index < -0.39 is 77.2 Å². The number of hydrogen-bond acceptors (Lipinski definition) is 12. The molecule has 0 saturated carbocycles. The van der Waals surface area contributed by atoms with Crippen molar-refractivity contribution >= 4 is 58.7 Å². The van der Waals surface area contributed by atoms with Crippen LogP contribution in [0.3, 0.4) is 0 Å². The first kappa shape index (κ1) is 53.2. The molecule has 1 fully saturated rings. The number of esters is 1. The number of hydrogen-bond donors (Lipinski definition) is 5. The van der Waals surface area contributed by atoms with Gasteiger partial charge in [0.15, 0.2) is 6.10 Å². The predicted octanol–water partition coefficient (Wildman–Crippen LogP) is 5.94. The van der Waals surface area contributed by atoms with Crippen molar-refractivity contribution in [1.29, 1.82) is 0 Å². The van der Waals surface area contributed by atoms with Gasteiger partial charge >= 0.3 is 18.0 Å². The van der Waals surface area contributed by atoms with Crippen LogP contribution in [0.4, 0.5) is 10.5 Å². The molecule has 0 aliphatic carbocycles. The third-order valence-corrected chi connectivity index (χ3v) is 12.8. The van der Waals surface area contributed by atoms with Crippen molar-refractivity contribution in [3.8, 4) is 0 Å². The number of ether oxygens (including phenoxy) is 2. The smallest absolute Gasteiger partial charge is 0.408 e. The molecule has 0 bridgehead atoms. The summed E-state index contributed by atoms with van der Waals surface area (Å²) in [6.45, 7) is 20.0. The standard InChI is InChI=1S/C46H71N7O10S/c1-14-27(4)37(51-43(60)46(11)20-15-21-52(46)12)41(57)53(13)35(26(2)3)24-36(62-30(7)54)40-50-34(25-64-40)39(56)49-33(22-28(5)42(58)59)23-31-16-18-32(19-17-31)48-38(55)29(6)47-44(61)63-45(8,9)10/h16-19,25-29,33,35-37H,14-15,20-24H2,1-13H3,(H,47,61)(H,48,55)(H,49,56)(H,51,60)(H,58,59)/t27?,28-,29-,33+,35+,36+,37-,46+/m0/s1. The van der Waals surface area contributed by atoms with Crippen molar-refractivity contribution in [2.75, 3.05) is 26.0 Å². The van der Waals surface area contributed by atoms with Gasteiger partial charge in [-0.3, -0.25) is 33.7 Å². The lowest BCUT2D eigenvalue weighted by Gasteiger charge is -2.38. The molecule has 5 N–H and O–H groups in total. The van der Waals surface area contributed by atoms with Gasteiger partial charge in [0, 0.05) is 43.5 Å². The number of benzene rings is 1. The van der Waals surface area contributed by atoms with Crippen LogP contribution in [0.25, 0.3) is 0 Å². The number of aromatic nitrogens is 1. The quantitative estimate of drug-likeness (QED) is 0.0918. The van der Waals surface area contributed by atoms with E-state index in [-0.39, 0.29) is 48.6 Å². The van der Waals surface area contributed by atoms with Crippen LogP contribution in [0.5, 0.6) is 0 Å². The van der Waals surface area contributed by atoms with Gasteiger partial charge in [0.2, 0.25) is 17.7 Å². The van der Waals surface area contributed by atoms with Gasteiger partial charge in [0.05, 0.1) is 11.5 Å². The molecule has 5 amide bonds. The average molecular weight is 914 g/mol. The van der Waals surface area contributed by atoms with Gasteiger partial charge in [-0.1, -0.05) is 53.2 Å². The molecule has 1 aromatic heterocycles. The van der Waals surface area contributed by atoms with E-state index in [1.165, 1.54) is 13.8 Å². The minimum atomic E-state index is -1.02. The molecular formula is C46H71N7O10S. The number of thiazole rings is 1. The molecule has 18 heteroatoms. The van der Waals surface area contributed by atoms with Crippen LogP contribution < -0.4 is 21.3 Å². The second-order valence-electron chi connectivity index (χ2n) is 18.7. The Bertz CT molecular complexity index is 1950. The highest BCUT2D eigenvalue weighted by Gasteiger charge is 2.44. The van der Waals surface area contributed by atoms with Crippen LogP contribution in [0.15, 0.2) is 29.6 Å². The van der Waals surface area contributed by atoms with Crippen LogP contribution >= 0.6 is 11.3 Å². The first-order chi connectivity index (χ1) is 29.8. The monoisotopic (exact) mass is 913 g/mol. The normalized spacial score (nSPS) is 18.7. The van der Waals surface area contributed by atoms with Crippen LogP contribution in [-0.4, -0.2) is 117 Å². The fourth-order valence-electron chi connectivity index (χ4n) is 7.57. The highest BCUT2D eigenvalue weighted by molar-refractivity contribution is 7.09. The molecule has 2 heterocycles. The van der Waals surface area contributed by atoms with Crippen molar-refractivity contribution in [3.05, 3.63) is 45.9 Å². The van der Waals surface area contributed by atoms with Gasteiger partial charge in [-0.2, -0.15) is 0 Å². The lowest BCUT2D eigenvalue weighted by atomic mass is 9.91. The summed E-state index contributed by atoms with van der Waals surface area (Å²) < 4.78 is 11.0. The van der Waals surface area contributed by atoms with Gasteiger partial charge in [-0.05, 0) is 103 Å². The second-order valence-corrected chi connectivity index (χ2v) is 19.6. The number of anilines is 1. The zero-order valence-corrected chi connectivity index (χ0v) is 40.6. The fraction of sp³-hybridized carbons (Fsp3) is 0.652. The Hall–Kier alpha value is -5.10. The predicted molar refractivity (Wildman–Crippen MR) is 245 cm³/mol. The molecule has 17 nitrogen and oxygen atoms in total. The van der Waals surface area contributed by atoms with Crippen molar-refractivity contribution in [1.82, 2.24) is 30.7 Å². The Labute approximate surface area is 382 Å². The van der Waals surface area contributed by atoms with E-state index in [9.17, 15) is 38.7 Å². The molecule has 1 aliphatic heterocycles. The number of amides is 5. The third-order valence-electron chi connectivity index (χ3n) is 11.9. The van der Waals surface area contributed by atoms with E-state index in [2.05, 4.69) is 26.3 Å². The Morgan fingerprint density at radius 2 is 1.62 bits per heavy atom. The van der Waals surface area contributed by atoms with Gasteiger partial charge in [-0.25, -0.2) is 9.78 Å². The molecule has 0 spiro atoms. The molecule has 3 rings (SSSR count). The van der Waals surface area contributed by atoms with E-state index in [0.29, 0.717) is 23.5 Å². The summed E-state index contributed by atoms with van der Waals surface area (Å²) in [7, 11) is 3.61. The number of carbonyl (C=O) groups excluding carboxylic acids is 6. The van der Waals surface area contributed by atoms with Crippen molar-refractivity contribution in [2.24, 2.45) is 17.8 Å². The summed E-state index contributed by atoms with van der Waals surface area (Å²) in [5.74, 6) is -4.11. The molecule has 1 saturated heterocycles. The molecular weight excluding hydrogens is 843 g/mol. The average Bonchev–Trinajstić information content (AvgIpc) is 3.84. The minimum Gasteiger partial charge on any atom is -0.481 e. The van der Waals surface area contributed by atoms with Crippen LogP contribution in [0.2, 0.25) is 0 Å².